The highest BCUT2D eigenvalue weighted by molar-refractivity contribution is 6.76. The van der Waals surface area contributed by atoms with Crippen molar-refractivity contribution in [1.29, 1.82) is 0 Å². The van der Waals surface area contributed by atoms with E-state index < -0.39 is 8.24 Å². The Morgan fingerprint density at radius 1 is 0.532 bits per heavy atom. The SMILES string of the molecule is CCCCCCCCCCCCCCCCC1(CCCCCCCCCCCCCCCC)C2=CC3C(C=C2c2ccccc21)CCC3[Si](C)(C)N(C1CCCCC1)C(C)(C)C. The molecule has 0 amide bonds. The maximum Gasteiger partial charge on any atom is 0.126 e. The molecule has 0 bridgehead atoms. The molecule has 2 heteroatoms. The van der Waals surface area contributed by atoms with E-state index in [4.69, 9.17) is 0 Å². The van der Waals surface area contributed by atoms with Crippen LogP contribution in [-0.4, -0.2) is 24.4 Å². The molecule has 0 radical (unpaired) electrons. The van der Waals surface area contributed by atoms with Gasteiger partial charge in [0.25, 0.3) is 0 Å². The van der Waals surface area contributed by atoms with E-state index in [1.54, 1.807) is 22.3 Å². The van der Waals surface area contributed by atoms with Crippen LogP contribution in [0.1, 0.15) is 283 Å². The Morgan fingerprint density at radius 2 is 0.968 bits per heavy atom. The van der Waals surface area contributed by atoms with Gasteiger partial charge in [0.1, 0.15) is 8.24 Å². The minimum absolute atomic E-state index is 0.216. The van der Waals surface area contributed by atoms with Gasteiger partial charge in [0.05, 0.1) is 0 Å². The Bertz CT molecular complexity index is 1390. The molecule has 4 aliphatic carbocycles. The quantitative estimate of drug-likeness (QED) is 0.0503. The van der Waals surface area contributed by atoms with Crippen LogP contribution in [0.25, 0.3) is 5.57 Å². The molecule has 0 heterocycles. The number of nitrogens with zero attached hydrogens (tertiary/aromatic N) is 1. The highest BCUT2D eigenvalue weighted by atomic mass is 28.3. The summed E-state index contributed by atoms with van der Waals surface area (Å²) >= 11 is 0. The van der Waals surface area contributed by atoms with Crippen LogP contribution in [0.2, 0.25) is 18.6 Å². The molecule has 2 saturated carbocycles. The van der Waals surface area contributed by atoms with E-state index in [9.17, 15) is 0 Å². The molecule has 0 saturated heterocycles. The highest BCUT2D eigenvalue weighted by Gasteiger charge is 2.54. The zero-order valence-electron chi connectivity index (χ0n) is 42.9. The van der Waals surface area contributed by atoms with Crippen molar-refractivity contribution in [3.05, 3.63) is 53.1 Å². The standard InChI is InChI=1S/C60H105NSi/c1-8-10-12-14-16-18-20-22-24-26-28-30-32-39-47-60(48-40-33-31-29-27-25-23-21-19-17-15-13-11-9-2)56-44-38-37-43-53(56)55-49-51-45-46-58(54(51)50-57(55)60)62(6,7)61(59(3,4)5)52-41-35-34-36-42-52/h37-38,43-44,49-52,54,58H,8-36,39-42,45-48H2,1-7H3. The molecule has 0 N–H and O–H groups in total. The molecule has 5 rings (SSSR count). The molecule has 62 heavy (non-hydrogen) atoms. The third kappa shape index (κ3) is 14.9. The summed E-state index contributed by atoms with van der Waals surface area (Å²) in [5, 5.41) is 0. The van der Waals surface area contributed by atoms with Crippen LogP contribution in [0.5, 0.6) is 0 Å². The van der Waals surface area contributed by atoms with Gasteiger partial charge < -0.3 is 4.57 Å². The maximum atomic E-state index is 3.20. The summed E-state index contributed by atoms with van der Waals surface area (Å²) in [6.07, 6.45) is 59.0. The van der Waals surface area contributed by atoms with Gasteiger partial charge in [-0.05, 0) is 92.5 Å². The van der Waals surface area contributed by atoms with Crippen LogP contribution in [0.15, 0.2) is 42.0 Å². The second-order valence-corrected chi connectivity index (χ2v) is 27.9. The molecule has 3 unspecified atom stereocenters. The third-order valence-corrected chi connectivity index (χ3v) is 21.9. The molecular weight excluding hydrogens is 763 g/mol. The molecule has 4 aliphatic rings. The number of fused-ring (bicyclic) bond motifs is 4. The average Bonchev–Trinajstić information content (AvgIpc) is 3.80. The second-order valence-electron chi connectivity index (χ2n) is 23.4. The van der Waals surface area contributed by atoms with E-state index in [-0.39, 0.29) is 11.0 Å². The summed E-state index contributed by atoms with van der Waals surface area (Å²) in [4.78, 5) is 0. The predicted molar refractivity (Wildman–Crippen MR) is 280 cm³/mol. The number of rotatable bonds is 33. The van der Waals surface area contributed by atoms with Gasteiger partial charge in [-0.3, -0.25) is 0 Å². The molecule has 1 aromatic carbocycles. The zero-order valence-corrected chi connectivity index (χ0v) is 43.9. The lowest BCUT2D eigenvalue weighted by Gasteiger charge is -2.55. The number of allylic oxidation sites excluding steroid dienone is 4. The van der Waals surface area contributed by atoms with Crippen LogP contribution in [0, 0.1) is 11.8 Å². The molecule has 3 atom stereocenters. The summed E-state index contributed by atoms with van der Waals surface area (Å²) in [5.41, 5.74) is 8.13. The van der Waals surface area contributed by atoms with Gasteiger partial charge in [-0.1, -0.05) is 269 Å². The first-order chi connectivity index (χ1) is 30.1. The Kier molecular flexibility index (Phi) is 23.0. The number of unbranched alkanes of at least 4 members (excludes halogenated alkanes) is 26. The summed E-state index contributed by atoms with van der Waals surface area (Å²) in [7, 11) is -1.77. The summed E-state index contributed by atoms with van der Waals surface area (Å²) in [6.45, 7) is 18.0. The lowest BCUT2D eigenvalue weighted by molar-refractivity contribution is 0.140. The van der Waals surface area contributed by atoms with Crippen molar-refractivity contribution in [1.82, 2.24) is 4.57 Å². The van der Waals surface area contributed by atoms with Crippen LogP contribution in [0.3, 0.4) is 0 Å². The Balaban J connectivity index is 1.24. The fourth-order valence-electron chi connectivity index (χ4n) is 14.1. The minimum atomic E-state index is -1.77. The maximum absolute atomic E-state index is 3.20. The van der Waals surface area contributed by atoms with Crippen molar-refractivity contribution in [3.63, 3.8) is 0 Å². The predicted octanol–water partition coefficient (Wildman–Crippen LogP) is 20.0. The number of hydrogen-bond donors (Lipinski definition) is 0. The molecule has 1 aromatic rings. The van der Waals surface area contributed by atoms with Gasteiger partial charge in [0.2, 0.25) is 0 Å². The van der Waals surface area contributed by atoms with Crippen molar-refractivity contribution >= 4 is 13.8 Å². The van der Waals surface area contributed by atoms with Crippen LogP contribution < -0.4 is 0 Å². The fraction of sp³-hybridized carbons (Fsp3) is 0.833. The Hall–Kier alpha value is -1.12. The van der Waals surface area contributed by atoms with Crippen molar-refractivity contribution in [2.24, 2.45) is 11.8 Å². The molecular formula is C60H105NSi. The number of hydrogen-bond acceptors (Lipinski definition) is 1. The summed E-state index contributed by atoms with van der Waals surface area (Å²) in [5.74, 6) is 1.45. The lowest BCUT2D eigenvalue weighted by atomic mass is 9.68. The van der Waals surface area contributed by atoms with Crippen LogP contribution in [-0.2, 0) is 5.41 Å². The molecule has 0 aromatic heterocycles. The third-order valence-electron chi connectivity index (χ3n) is 17.2. The smallest absolute Gasteiger partial charge is 0.126 e. The zero-order chi connectivity index (χ0) is 44.1. The first-order valence-corrected chi connectivity index (χ1v) is 31.5. The normalized spacial score (nSPS) is 21.3. The Morgan fingerprint density at radius 3 is 1.42 bits per heavy atom. The van der Waals surface area contributed by atoms with E-state index in [1.165, 1.54) is 238 Å². The molecule has 0 aliphatic heterocycles. The summed E-state index contributed by atoms with van der Waals surface area (Å²) in [6, 6.07) is 10.7. The van der Waals surface area contributed by atoms with E-state index in [2.05, 4.69) is 88.7 Å². The Labute approximate surface area is 389 Å². The number of benzene rings is 1. The van der Waals surface area contributed by atoms with E-state index in [1.807, 2.05) is 0 Å². The topological polar surface area (TPSA) is 3.24 Å². The van der Waals surface area contributed by atoms with Gasteiger partial charge in [0.15, 0.2) is 0 Å². The second kappa shape index (κ2) is 27.5. The highest BCUT2D eigenvalue weighted by Crippen LogP contribution is 2.62. The van der Waals surface area contributed by atoms with Crippen molar-refractivity contribution in [3.8, 4) is 0 Å². The van der Waals surface area contributed by atoms with Crippen molar-refractivity contribution in [2.75, 3.05) is 0 Å². The largest absolute Gasteiger partial charge is 0.316 e. The van der Waals surface area contributed by atoms with Gasteiger partial charge >= 0.3 is 0 Å². The van der Waals surface area contributed by atoms with Gasteiger partial charge in [-0.2, -0.15) is 0 Å². The van der Waals surface area contributed by atoms with E-state index >= 15 is 0 Å². The minimum Gasteiger partial charge on any atom is -0.316 e. The van der Waals surface area contributed by atoms with Crippen LogP contribution >= 0.6 is 0 Å². The van der Waals surface area contributed by atoms with Gasteiger partial charge in [-0.15, -0.1) is 0 Å². The van der Waals surface area contributed by atoms with E-state index in [0.717, 1.165) is 23.4 Å². The first kappa shape index (κ1) is 51.9. The fourth-order valence-corrected chi connectivity index (χ4v) is 19.6. The summed E-state index contributed by atoms with van der Waals surface area (Å²) < 4.78 is 3.20. The first-order valence-electron chi connectivity index (χ1n) is 28.5. The van der Waals surface area contributed by atoms with Crippen molar-refractivity contribution < 1.29 is 0 Å². The lowest BCUT2D eigenvalue weighted by Crippen LogP contribution is -2.64. The monoisotopic (exact) mass is 868 g/mol. The molecule has 0 spiro atoms. The van der Waals surface area contributed by atoms with Crippen LogP contribution in [0.4, 0.5) is 0 Å². The van der Waals surface area contributed by atoms with Gasteiger partial charge in [0, 0.05) is 17.0 Å². The molecule has 1 nitrogen and oxygen atoms in total. The average molecular weight is 869 g/mol. The van der Waals surface area contributed by atoms with Gasteiger partial charge in [-0.25, -0.2) is 0 Å². The van der Waals surface area contributed by atoms with Crippen molar-refractivity contribution in [2.45, 2.75) is 308 Å². The molecule has 354 valence electrons. The molecule has 2 fully saturated rings. The van der Waals surface area contributed by atoms with E-state index in [0.29, 0.717) is 0 Å².